The fourth-order valence-electron chi connectivity index (χ4n) is 1.38. The van der Waals surface area contributed by atoms with E-state index in [4.69, 9.17) is 9.84 Å². The molecule has 0 spiro atoms. The number of benzene rings is 1. The van der Waals surface area contributed by atoms with Gasteiger partial charge in [0, 0.05) is 6.07 Å². The third kappa shape index (κ3) is 3.19. The highest BCUT2D eigenvalue weighted by Crippen LogP contribution is 2.25. The highest BCUT2D eigenvalue weighted by Gasteiger charge is 2.29. The Labute approximate surface area is 100 Å². The highest BCUT2D eigenvalue weighted by atomic mass is 19.1. The summed E-state index contributed by atoms with van der Waals surface area (Å²) in [6.45, 7) is 6.62. The number of rotatable bonds is 4. The predicted molar refractivity (Wildman–Crippen MR) is 62.8 cm³/mol. The van der Waals surface area contributed by atoms with Crippen LogP contribution in [-0.2, 0) is 4.79 Å². The van der Waals surface area contributed by atoms with E-state index in [-0.39, 0.29) is 17.5 Å². The van der Waals surface area contributed by atoms with E-state index in [1.54, 1.807) is 12.1 Å². The van der Waals surface area contributed by atoms with Gasteiger partial charge in [-0.25, -0.2) is 9.18 Å². The number of halogens is 1. The van der Waals surface area contributed by atoms with Crippen LogP contribution in [0.25, 0.3) is 0 Å². The summed E-state index contributed by atoms with van der Waals surface area (Å²) in [6.07, 6.45) is 0. The van der Waals surface area contributed by atoms with Gasteiger partial charge in [-0.2, -0.15) is 0 Å². The first-order chi connectivity index (χ1) is 7.74. The van der Waals surface area contributed by atoms with Gasteiger partial charge in [-0.3, -0.25) is 0 Å². The summed E-state index contributed by atoms with van der Waals surface area (Å²) < 4.78 is 18.9. The smallest absolute Gasteiger partial charge is 0.347 e. The monoisotopic (exact) mass is 240 g/mol. The number of ether oxygens (including phenoxy) is 1. The van der Waals surface area contributed by atoms with Gasteiger partial charge in [0.15, 0.2) is 5.60 Å². The summed E-state index contributed by atoms with van der Waals surface area (Å²) in [4.78, 5) is 10.9. The molecule has 0 atom stereocenters. The molecule has 0 aliphatic carbocycles. The molecule has 0 bridgehead atoms. The van der Waals surface area contributed by atoms with E-state index in [0.29, 0.717) is 5.56 Å². The largest absolute Gasteiger partial charge is 0.478 e. The van der Waals surface area contributed by atoms with Gasteiger partial charge in [0.1, 0.15) is 11.6 Å². The number of carboxylic acids is 1. The molecule has 3 nitrogen and oxygen atoms in total. The van der Waals surface area contributed by atoms with Crippen molar-refractivity contribution in [2.75, 3.05) is 0 Å². The van der Waals surface area contributed by atoms with Crippen LogP contribution >= 0.6 is 0 Å². The van der Waals surface area contributed by atoms with Gasteiger partial charge in [0.2, 0.25) is 0 Å². The van der Waals surface area contributed by atoms with Crippen molar-refractivity contribution in [3.8, 4) is 5.75 Å². The molecule has 0 unspecified atom stereocenters. The van der Waals surface area contributed by atoms with Crippen LogP contribution in [0.15, 0.2) is 18.2 Å². The van der Waals surface area contributed by atoms with Gasteiger partial charge in [0.05, 0.1) is 0 Å². The predicted octanol–water partition coefficient (Wildman–Crippen LogP) is 3.19. The summed E-state index contributed by atoms with van der Waals surface area (Å²) in [5, 5.41) is 8.90. The minimum Gasteiger partial charge on any atom is -0.478 e. The van der Waals surface area contributed by atoms with Gasteiger partial charge in [-0.05, 0) is 31.4 Å². The van der Waals surface area contributed by atoms with Crippen molar-refractivity contribution in [2.45, 2.75) is 39.2 Å². The number of carbonyl (C=O) groups is 1. The lowest BCUT2D eigenvalue weighted by atomic mass is 10.0. The minimum absolute atomic E-state index is 0.0801. The molecule has 94 valence electrons. The molecule has 0 saturated heterocycles. The average Bonchev–Trinajstić information content (AvgIpc) is 2.15. The molecule has 1 aromatic rings. The third-order valence-electron chi connectivity index (χ3n) is 2.48. The zero-order valence-electron chi connectivity index (χ0n) is 10.5. The Hall–Kier alpha value is -1.58. The molecule has 0 amide bonds. The molecule has 1 N–H and O–H groups in total. The normalized spacial score (nSPS) is 11.6. The molecule has 0 fully saturated rings. The van der Waals surface area contributed by atoms with Gasteiger partial charge in [-0.1, -0.05) is 19.9 Å². The molecule has 0 aliphatic rings. The van der Waals surface area contributed by atoms with E-state index in [1.807, 2.05) is 13.8 Å². The second kappa shape index (κ2) is 4.73. The van der Waals surface area contributed by atoms with Crippen LogP contribution in [0.2, 0.25) is 0 Å². The molecule has 0 heterocycles. The molecule has 17 heavy (non-hydrogen) atoms. The van der Waals surface area contributed by atoms with Crippen molar-refractivity contribution in [1.82, 2.24) is 0 Å². The molecule has 0 aromatic heterocycles. The molecule has 4 heteroatoms. The van der Waals surface area contributed by atoms with Crippen LogP contribution in [-0.4, -0.2) is 16.7 Å². The second-order valence-corrected chi connectivity index (χ2v) is 4.76. The molecule has 1 rings (SSSR count). The van der Waals surface area contributed by atoms with Crippen LogP contribution in [0.3, 0.4) is 0 Å². The maximum absolute atomic E-state index is 13.6. The average molecular weight is 240 g/mol. The zero-order chi connectivity index (χ0) is 13.2. The first kappa shape index (κ1) is 13.5. The first-order valence-electron chi connectivity index (χ1n) is 5.46. The second-order valence-electron chi connectivity index (χ2n) is 4.76. The van der Waals surface area contributed by atoms with Crippen LogP contribution in [0.5, 0.6) is 5.75 Å². The van der Waals surface area contributed by atoms with E-state index in [0.717, 1.165) is 0 Å². The van der Waals surface area contributed by atoms with Crippen LogP contribution < -0.4 is 4.74 Å². The standard InChI is InChI=1S/C13H17FO3/c1-8(2)10-6-5-9(7-11(10)14)17-13(3,4)12(15)16/h5-8H,1-4H3,(H,15,16). The molecular formula is C13H17FO3. The lowest BCUT2D eigenvalue weighted by molar-refractivity contribution is -0.152. The quantitative estimate of drug-likeness (QED) is 0.879. The van der Waals surface area contributed by atoms with Crippen molar-refractivity contribution in [2.24, 2.45) is 0 Å². The van der Waals surface area contributed by atoms with E-state index >= 15 is 0 Å². The molecular weight excluding hydrogens is 223 g/mol. The fraction of sp³-hybridized carbons (Fsp3) is 0.462. The molecule has 0 aliphatic heterocycles. The van der Waals surface area contributed by atoms with Gasteiger partial charge < -0.3 is 9.84 Å². The van der Waals surface area contributed by atoms with Gasteiger partial charge in [0.25, 0.3) is 0 Å². The van der Waals surface area contributed by atoms with Crippen molar-refractivity contribution >= 4 is 5.97 Å². The first-order valence-corrected chi connectivity index (χ1v) is 5.46. The maximum Gasteiger partial charge on any atom is 0.347 e. The number of aliphatic carboxylic acids is 1. The van der Waals surface area contributed by atoms with Crippen LogP contribution in [0.4, 0.5) is 4.39 Å². The van der Waals surface area contributed by atoms with Crippen molar-refractivity contribution in [1.29, 1.82) is 0 Å². The lowest BCUT2D eigenvalue weighted by Gasteiger charge is -2.22. The van der Waals surface area contributed by atoms with Gasteiger partial charge in [-0.15, -0.1) is 0 Å². The topological polar surface area (TPSA) is 46.5 Å². The number of hydrogen-bond donors (Lipinski definition) is 1. The van der Waals surface area contributed by atoms with Crippen molar-refractivity contribution in [3.05, 3.63) is 29.6 Å². The summed E-state index contributed by atoms with van der Waals surface area (Å²) >= 11 is 0. The fourth-order valence-corrected chi connectivity index (χ4v) is 1.38. The molecule has 0 radical (unpaired) electrons. The summed E-state index contributed by atoms with van der Waals surface area (Å²) in [5.41, 5.74) is -0.781. The van der Waals surface area contributed by atoms with Crippen molar-refractivity contribution in [3.63, 3.8) is 0 Å². The van der Waals surface area contributed by atoms with E-state index in [9.17, 15) is 9.18 Å². The minimum atomic E-state index is -1.37. The third-order valence-corrected chi connectivity index (χ3v) is 2.48. The Kier molecular flexibility index (Phi) is 3.76. The van der Waals surface area contributed by atoms with Crippen LogP contribution in [0, 0.1) is 5.82 Å². The Balaban J connectivity index is 2.96. The summed E-state index contributed by atoms with van der Waals surface area (Å²) in [6, 6.07) is 4.43. The Morgan fingerprint density at radius 2 is 2.00 bits per heavy atom. The van der Waals surface area contributed by atoms with E-state index in [2.05, 4.69) is 0 Å². The Morgan fingerprint density at radius 1 is 1.41 bits per heavy atom. The Morgan fingerprint density at radius 3 is 2.41 bits per heavy atom. The molecule has 1 aromatic carbocycles. The number of carboxylic acid groups (broad SMARTS) is 1. The van der Waals surface area contributed by atoms with E-state index < -0.39 is 11.6 Å². The summed E-state index contributed by atoms with van der Waals surface area (Å²) in [7, 11) is 0. The maximum atomic E-state index is 13.6. The number of hydrogen-bond acceptors (Lipinski definition) is 2. The summed E-state index contributed by atoms with van der Waals surface area (Å²) in [5.74, 6) is -1.17. The Bertz CT molecular complexity index is 425. The van der Waals surface area contributed by atoms with Crippen LogP contribution in [0.1, 0.15) is 39.2 Å². The van der Waals surface area contributed by atoms with Crippen molar-refractivity contribution < 1.29 is 19.0 Å². The highest BCUT2D eigenvalue weighted by molar-refractivity contribution is 5.76. The lowest BCUT2D eigenvalue weighted by Crippen LogP contribution is -2.37. The van der Waals surface area contributed by atoms with Gasteiger partial charge >= 0.3 is 5.97 Å². The SMILES string of the molecule is CC(C)c1ccc(OC(C)(C)C(=O)O)cc1F. The zero-order valence-corrected chi connectivity index (χ0v) is 10.5. The molecule has 0 saturated carbocycles. The van der Waals surface area contributed by atoms with E-state index in [1.165, 1.54) is 19.9 Å².